The Morgan fingerprint density at radius 1 is 1.44 bits per heavy atom. The molecule has 1 aliphatic rings. The van der Waals surface area contributed by atoms with Gasteiger partial charge in [-0.15, -0.1) is 0 Å². The Kier molecular flexibility index (Phi) is 3.19. The van der Waals surface area contributed by atoms with Crippen molar-refractivity contribution in [1.29, 1.82) is 0 Å². The monoisotopic (exact) mass is 224 g/mol. The minimum Gasteiger partial charge on any atom is -0.479 e. The van der Waals surface area contributed by atoms with Crippen LogP contribution in [0.4, 0.5) is 4.39 Å². The summed E-state index contributed by atoms with van der Waals surface area (Å²) in [5.41, 5.74) is 0.481. The van der Waals surface area contributed by atoms with Gasteiger partial charge < -0.3 is 9.84 Å². The van der Waals surface area contributed by atoms with Gasteiger partial charge in [0.15, 0.2) is 6.10 Å². The molecule has 1 aromatic carbocycles. The van der Waals surface area contributed by atoms with Crippen LogP contribution in [-0.2, 0) is 9.53 Å². The summed E-state index contributed by atoms with van der Waals surface area (Å²) in [6.07, 6.45) is 1.23. The van der Waals surface area contributed by atoms with Gasteiger partial charge in [0.25, 0.3) is 0 Å². The van der Waals surface area contributed by atoms with E-state index < -0.39 is 12.1 Å². The highest BCUT2D eigenvalue weighted by molar-refractivity contribution is 5.74. The van der Waals surface area contributed by atoms with E-state index in [0.29, 0.717) is 18.1 Å². The molecule has 0 spiro atoms. The average molecular weight is 224 g/mol. The number of ether oxygens (including phenoxy) is 1. The second-order valence-corrected chi connectivity index (χ2v) is 4.05. The molecule has 1 saturated carbocycles. The van der Waals surface area contributed by atoms with E-state index in [0.717, 1.165) is 12.8 Å². The van der Waals surface area contributed by atoms with Crippen LogP contribution in [0, 0.1) is 11.7 Å². The molecule has 0 aromatic heterocycles. The number of rotatable bonds is 5. The van der Waals surface area contributed by atoms with Gasteiger partial charge in [-0.2, -0.15) is 0 Å². The largest absolute Gasteiger partial charge is 0.479 e. The first-order valence-corrected chi connectivity index (χ1v) is 5.26. The molecule has 1 aromatic rings. The molecule has 3 nitrogen and oxygen atoms in total. The van der Waals surface area contributed by atoms with Crippen molar-refractivity contribution in [1.82, 2.24) is 0 Å². The van der Waals surface area contributed by atoms with Crippen molar-refractivity contribution in [2.75, 3.05) is 6.61 Å². The molecule has 4 heteroatoms. The summed E-state index contributed by atoms with van der Waals surface area (Å²) >= 11 is 0. The van der Waals surface area contributed by atoms with Crippen molar-refractivity contribution in [3.8, 4) is 0 Å². The van der Waals surface area contributed by atoms with E-state index in [9.17, 15) is 9.18 Å². The molecule has 0 bridgehead atoms. The predicted molar refractivity (Wildman–Crippen MR) is 55.5 cm³/mol. The average Bonchev–Trinajstić information content (AvgIpc) is 3.04. The van der Waals surface area contributed by atoms with Crippen molar-refractivity contribution in [2.24, 2.45) is 5.92 Å². The van der Waals surface area contributed by atoms with Crippen molar-refractivity contribution >= 4 is 5.97 Å². The summed E-state index contributed by atoms with van der Waals surface area (Å²) in [5.74, 6) is -0.912. The fourth-order valence-corrected chi connectivity index (χ4v) is 1.46. The van der Waals surface area contributed by atoms with Crippen molar-refractivity contribution in [2.45, 2.75) is 18.9 Å². The zero-order chi connectivity index (χ0) is 11.5. The summed E-state index contributed by atoms with van der Waals surface area (Å²) in [6, 6.07) is 5.37. The Morgan fingerprint density at radius 2 is 2.06 bits per heavy atom. The minimum absolute atomic E-state index is 0.380. The Balaban J connectivity index is 2.04. The summed E-state index contributed by atoms with van der Waals surface area (Å²) in [4.78, 5) is 11.0. The third-order valence-electron chi connectivity index (χ3n) is 2.59. The van der Waals surface area contributed by atoms with Crippen LogP contribution in [0.1, 0.15) is 24.5 Å². The molecule has 1 atom stereocenters. The SMILES string of the molecule is O=C(O)C(OCC1CC1)c1ccc(F)cc1. The molecule has 1 N–H and O–H groups in total. The predicted octanol–water partition coefficient (Wildman–Crippen LogP) is 2.38. The lowest BCUT2D eigenvalue weighted by atomic mass is 10.1. The van der Waals surface area contributed by atoms with Crippen LogP contribution in [0.25, 0.3) is 0 Å². The number of carbonyl (C=O) groups is 1. The first-order chi connectivity index (χ1) is 7.66. The van der Waals surface area contributed by atoms with Gasteiger partial charge in [-0.3, -0.25) is 0 Å². The molecule has 16 heavy (non-hydrogen) atoms. The van der Waals surface area contributed by atoms with E-state index in [1.165, 1.54) is 24.3 Å². The normalized spacial score (nSPS) is 17.1. The van der Waals surface area contributed by atoms with Crippen molar-refractivity contribution < 1.29 is 19.0 Å². The zero-order valence-corrected chi connectivity index (χ0v) is 8.73. The van der Waals surface area contributed by atoms with Gasteiger partial charge in [0, 0.05) is 0 Å². The van der Waals surface area contributed by atoms with E-state index in [1.54, 1.807) is 0 Å². The second-order valence-electron chi connectivity index (χ2n) is 4.05. The van der Waals surface area contributed by atoms with Crippen molar-refractivity contribution in [3.63, 3.8) is 0 Å². The van der Waals surface area contributed by atoms with E-state index in [2.05, 4.69) is 0 Å². The van der Waals surface area contributed by atoms with Gasteiger partial charge in [0.1, 0.15) is 5.82 Å². The number of halogens is 1. The Morgan fingerprint density at radius 3 is 2.56 bits per heavy atom. The maximum Gasteiger partial charge on any atom is 0.337 e. The lowest BCUT2D eigenvalue weighted by Crippen LogP contribution is -2.16. The number of carboxylic acids is 1. The van der Waals surface area contributed by atoms with E-state index in [-0.39, 0.29) is 5.82 Å². The van der Waals surface area contributed by atoms with Crippen molar-refractivity contribution in [3.05, 3.63) is 35.6 Å². The number of carboxylic acid groups (broad SMARTS) is 1. The zero-order valence-electron chi connectivity index (χ0n) is 8.73. The summed E-state index contributed by atoms with van der Waals surface area (Å²) in [7, 11) is 0. The molecular weight excluding hydrogens is 211 g/mol. The topological polar surface area (TPSA) is 46.5 Å². The molecule has 86 valence electrons. The molecular formula is C12H13FO3. The van der Waals surface area contributed by atoms with Gasteiger partial charge in [-0.25, -0.2) is 9.18 Å². The van der Waals surface area contributed by atoms with Crippen LogP contribution in [0.15, 0.2) is 24.3 Å². The molecule has 1 fully saturated rings. The minimum atomic E-state index is -1.03. The van der Waals surface area contributed by atoms with Crippen LogP contribution in [0.5, 0.6) is 0 Å². The summed E-state index contributed by atoms with van der Waals surface area (Å²) < 4.78 is 18.0. The standard InChI is InChI=1S/C12H13FO3/c13-10-5-3-9(4-6-10)11(12(14)15)16-7-8-1-2-8/h3-6,8,11H,1-2,7H2,(H,14,15). The molecule has 0 saturated heterocycles. The quantitative estimate of drug-likeness (QED) is 0.835. The third kappa shape index (κ3) is 2.79. The molecule has 2 rings (SSSR count). The Hall–Kier alpha value is -1.42. The van der Waals surface area contributed by atoms with Crippen LogP contribution in [0.3, 0.4) is 0 Å². The van der Waals surface area contributed by atoms with Gasteiger partial charge in [0.05, 0.1) is 6.61 Å². The van der Waals surface area contributed by atoms with Gasteiger partial charge in [-0.1, -0.05) is 12.1 Å². The maximum atomic E-state index is 12.7. The third-order valence-corrected chi connectivity index (χ3v) is 2.59. The number of hydrogen-bond donors (Lipinski definition) is 1. The highest BCUT2D eigenvalue weighted by Crippen LogP contribution is 2.31. The Bertz CT molecular complexity index is 370. The molecule has 0 radical (unpaired) electrons. The van der Waals surface area contributed by atoms with Gasteiger partial charge in [-0.05, 0) is 36.5 Å². The smallest absolute Gasteiger partial charge is 0.337 e. The van der Waals surface area contributed by atoms with Gasteiger partial charge in [0.2, 0.25) is 0 Å². The Labute approximate surface area is 92.9 Å². The second kappa shape index (κ2) is 4.61. The lowest BCUT2D eigenvalue weighted by molar-refractivity contribution is -0.151. The highest BCUT2D eigenvalue weighted by atomic mass is 19.1. The summed E-state index contributed by atoms with van der Waals surface area (Å²) in [5, 5.41) is 9.01. The highest BCUT2D eigenvalue weighted by Gasteiger charge is 2.26. The molecule has 0 amide bonds. The van der Waals surface area contributed by atoms with Crippen LogP contribution in [-0.4, -0.2) is 17.7 Å². The molecule has 1 unspecified atom stereocenters. The molecule has 1 aliphatic carbocycles. The molecule has 0 heterocycles. The fraction of sp³-hybridized carbons (Fsp3) is 0.417. The maximum absolute atomic E-state index is 12.7. The number of hydrogen-bond acceptors (Lipinski definition) is 2. The number of aliphatic carboxylic acids is 1. The van der Waals surface area contributed by atoms with E-state index in [1.807, 2.05) is 0 Å². The van der Waals surface area contributed by atoms with Crippen LogP contribution >= 0.6 is 0 Å². The fourth-order valence-electron chi connectivity index (χ4n) is 1.46. The van der Waals surface area contributed by atoms with E-state index >= 15 is 0 Å². The number of benzene rings is 1. The van der Waals surface area contributed by atoms with Crippen LogP contribution < -0.4 is 0 Å². The summed E-state index contributed by atoms with van der Waals surface area (Å²) in [6.45, 7) is 0.467. The first kappa shape index (κ1) is 11.1. The van der Waals surface area contributed by atoms with E-state index in [4.69, 9.17) is 9.84 Å². The van der Waals surface area contributed by atoms with Gasteiger partial charge >= 0.3 is 5.97 Å². The van der Waals surface area contributed by atoms with Crippen LogP contribution in [0.2, 0.25) is 0 Å². The first-order valence-electron chi connectivity index (χ1n) is 5.26. The lowest BCUT2D eigenvalue weighted by Gasteiger charge is -2.13. The molecule has 0 aliphatic heterocycles.